The summed E-state index contributed by atoms with van der Waals surface area (Å²) in [5, 5.41) is 0. The Hall–Kier alpha value is -2.57. The van der Waals surface area contributed by atoms with Crippen molar-refractivity contribution in [3.8, 4) is 0 Å². The van der Waals surface area contributed by atoms with Gasteiger partial charge in [0.1, 0.15) is 0 Å². The third-order valence-corrected chi connectivity index (χ3v) is 5.58. The minimum Gasteiger partial charge on any atom is -0.323 e. The van der Waals surface area contributed by atoms with Gasteiger partial charge in [0.05, 0.1) is 11.6 Å². The van der Waals surface area contributed by atoms with E-state index < -0.39 is 11.7 Å². The van der Waals surface area contributed by atoms with Crippen LogP contribution in [0.15, 0.2) is 48.7 Å². The van der Waals surface area contributed by atoms with Crippen molar-refractivity contribution in [2.45, 2.75) is 51.2 Å². The number of carbonyl (C=O) groups excluding carboxylic acids is 1. The molecule has 1 saturated heterocycles. The number of pyridine rings is 1. The second-order valence-electron chi connectivity index (χ2n) is 7.64. The zero-order chi connectivity index (χ0) is 21.6. The van der Waals surface area contributed by atoms with E-state index in [2.05, 4.69) is 4.98 Å². The molecule has 1 atom stereocenters. The Balaban J connectivity index is 1.52. The molecule has 0 bridgehead atoms. The van der Waals surface area contributed by atoms with E-state index in [1.807, 2.05) is 30.0 Å². The number of aromatic nitrogens is 1. The molecule has 0 unspecified atom stereocenters. The summed E-state index contributed by atoms with van der Waals surface area (Å²) in [5.74, 6) is 0. The van der Waals surface area contributed by atoms with E-state index in [0.29, 0.717) is 31.6 Å². The SMILES string of the molecule is CC[C@@H](c1cccc(C(F)(F)F)c1)N1CCN(CCCCCc2ccccn2)C1=O. The fraction of sp³-hybridized carbons (Fsp3) is 0.478. The molecule has 7 heteroatoms. The Kier molecular flexibility index (Phi) is 7.34. The summed E-state index contributed by atoms with van der Waals surface area (Å²) in [4.78, 5) is 20.7. The summed E-state index contributed by atoms with van der Waals surface area (Å²) < 4.78 is 39.2. The van der Waals surface area contributed by atoms with Gasteiger partial charge in [-0.1, -0.05) is 31.5 Å². The maximum absolute atomic E-state index is 13.1. The van der Waals surface area contributed by atoms with Gasteiger partial charge in [-0.2, -0.15) is 13.2 Å². The number of nitrogens with zero attached hydrogens (tertiary/aromatic N) is 3. The van der Waals surface area contributed by atoms with E-state index in [-0.39, 0.29) is 12.1 Å². The maximum atomic E-state index is 13.1. The molecule has 4 nitrogen and oxygen atoms in total. The van der Waals surface area contributed by atoms with Gasteiger partial charge in [0.2, 0.25) is 0 Å². The molecule has 1 aromatic heterocycles. The summed E-state index contributed by atoms with van der Waals surface area (Å²) in [6, 6.07) is 10.8. The molecule has 0 aliphatic carbocycles. The van der Waals surface area contributed by atoms with Crippen molar-refractivity contribution < 1.29 is 18.0 Å². The summed E-state index contributed by atoms with van der Waals surface area (Å²) in [5.41, 5.74) is 0.945. The molecule has 0 radical (unpaired) electrons. The van der Waals surface area contributed by atoms with Gasteiger partial charge in [0, 0.05) is 31.5 Å². The maximum Gasteiger partial charge on any atom is 0.416 e. The number of halogens is 3. The third-order valence-electron chi connectivity index (χ3n) is 5.58. The summed E-state index contributed by atoms with van der Waals surface area (Å²) in [6.45, 7) is 3.74. The first-order valence-electron chi connectivity index (χ1n) is 10.5. The van der Waals surface area contributed by atoms with Crippen LogP contribution < -0.4 is 0 Å². The summed E-state index contributed by atoms with van der Waals surface area (Å²) in [6.07, 6.45) is 1.84. The van der Waals surface area contributed by atoms with Gasteiger partial charge in [-0.15, -0.1) is 0 Å². The van der Waals surface area contributed by atoms with E-state index in [4.69, 9.17) is 0 Å². The highest BCUT2D eigenvalue weighted by atomic mass is 19.4. The lowest BCUT2D eigenvalue weighted by atomic mass is 10.0. The smallest absolute Gasteiger partial charge is 0.323 e. The number of hydrogen-bond donors (Lipinski definition) is 0. The number of aryl methyl sites for hydroxylation is 1. The topological polar surface area (TPSA) is 36.4 Å². The third kappa shape index (κ3) is 5.52. The lowest BCUT2D eigenvalue weighted by molar-refractivity contribution is -0.137. The normalized spacial score (nSPS) is 15.7. The molecule has 162 valence electrons. The molecule has 3 rings (SSSR count). The predicted molar refractivity (Wildman–Crippen MR) is 110 cm³/mol. The lowest BCUT2D eigenvalue weighted by Gasteiger charge is -2.28. The second-order valence-corrected chi connectivity index (χ2v) is 7.64. The van der Waals surface area contributed by atoms with Crippen LogP contribution in [0, 0.1) is 0 Å². The fourth-order valence-electron chi connectivity index (χ4n) is 3.99. The first-order valence-corrected chi connectivity index (χ1v) is 10.5. The molecule has 1 aliphatic heterocycles. The monoisotopic (exact) mass is 419 g/mol. The van der Waals surface area contributed by atoms with Crippen LogP contribution in [-0.4, -0.2) is 40.4 Å². The van der Waals surface area contributed by atoms with Crippen LogP contribution in [0.25, 0.3) is 0 Å². The number of benzene rings is 1. The van der Waals surface area contributed by atoms with Crippen molar-refractivity contribution in [2.24, 2.45) is 0 Å². The van der Waals surface area contributed by atoms with Crippen LogP contribution in [-0.2, 0) is 12.6 Å². The van der Waals surface area contributed by atoms with E-state index in [0.717, 1.165) is 37.4 Å². The van der Waals surface area contributed by atoms with Gasteiger partial charge < -0.3 is 9.80 Å². The molecule has 2 heterocycles. The van der Waals surface area contributed by atoms with Gasteiger partial charge in [0.25, 0.3) is 0 Å². The molecular weight excluding hydrogens is 391 g/mol. The van der Waals surface area contributed by atoms with E-state index >= 15 is 0 Å². The molecule has 2 amide bonds. The Morgan fingerprint density at radius 1 is 1.07 bits per heavy atom. The van der Waals surface area contributed by atoms with E-state index in [9.17, 15) is 18.0 Å². The first-order chi connectivity index (χ1) is 14.4. The number of alkyl halides is 3. The molecule has 0 saturated carbocycles. The van der Waals surface area contributed by atoms with Gasteiger partial charge in [0.15, 0.2) is 0 Å². The van der Waals surface area contributed by atoms with Crippen molar-refractivity contribution in [2.75, 3.05) is 19.6 Å². The number of hydrogen-bond acceptors (Lipinski definition) is 2. The van der Waals surface area contributed by atoms with Gasteiger partial charge in [-0.3, -0.25) is 4.98 Å². The van der Waals surface area contributed by atoms with Crippen molar-refractivity contribution in [3.05, 3.63) is 65.5 Å². The standard InChI is InChI=1S/C23H28F3N3O/c1-2-21(18-9-8-10-19(17-18)23(24,25)26)29-16-15-28(22(29)30)14-7-3-4-11-20-12-5-6-13-27-20/h5-6,8-10,12-13,17,21H,2-4,7,11,14-16H2,1H3/t21-/m0/s1. The highest BCUT2D eigenvalue weighted by Gasteiger charge is 2.35. The number of rotatable bonds is 9. The number of carbonyl (C=O) groups is 1. The van der Waals surface area contributed by atoms with Crippen LogP contribution in [0.5, 0.6) is 0 Å². The highest BCUT2D eigenvalue weighted by Crippen LogP contribution is 2.34. The van der Waals surface area contributed by atoms with Gasteiger partial charge in [-0.05, 0) is 55.5 Å². The predicted octanol–water partition coefficient (Wildman–Crippen LogP) is 5.70. The Morgan fingerprint density at radius 3 is 2.60 bits per heavy atom. The molecule has 2 aromatic rings. The quantitative estimate of drug-likeness (QED) is 0.489. The largest absolute Gasteiger partial charge is 0.416 e. The Morgan fingerprint density at radius 2 is 1.90 bits per heavy atom. The van der Waals surface area contributed by atoms with Crippen molar-refractivity contribution >= 4 is 6.03 Å². The van der Waals surface area contributed by atoms with Crippen LogP contribution >= 0.6 is 0 Å². The second kappa shape index (κ2) is 9.96. The van der Waals surface area contributed by atoms with E-state index in [1.165, 1.54) is 12.1 Å². The Bertz CT molecular complexity index is 826. The summed E-state index contributed by atoms with van der Waals surface area (Å²) >= 11 is 0. The molecule has 1 fully saturated rings. The highest BCUT2D eigenvalue weighted by molar-refractivity contribution is 5.77. The minimum absolute atomic E-state index is 0.0796. The molecule has 1 aliphatic rings. The van der Waals surface area contributed by atoms with Crippen LogP contribution in [0.3, 0.4) is 0 Å². The molecule has 30 heavy (non-hydrogen) atoms. The minimum atomic E-state index is -4.38. The van der Waals surface area contributed by atoms with Crippen LogP contribution in [0.2, 0.25) is 0 Å². The van der Waals surface area contributed by atoms with Crippen molar-refractivity contribution in [3.63, 3.8) is 0 Å². The molecule has 1 aromatic carbocycles. The van der Waals surface area contributed by atoms with Crippen molar-refractivity contribution in [1.82, 2.24) is 14.8 Å². The molecule has 0 spiro atoms. The number of amides is 2. The summed E-state index contributed by atoms with van der Waals surface area (Å²) in [7, 11) is 0. The molecule has 0 N–H and O–H groups in total. The molecular formula is C23H28F3N3O. The zero-order valence-electron chi connectivity index (χ0n) is 17.2. The average molecular weight is 419 g/mol. The van der Waals surface area contributed by atoms with E-state index in [1.54, 1.807) is 17.2 Å². The average Bonchev–Trinajstić information content (AvgIpc) is 3.09. The number of unbranched alkanes of at least 4 members (excludes halogenated alkanes) is 2. The lowest BCUT2D eigenvalue weighted by Crippen LogP contribution is -2.35. The first kappa shape index (κ1) is 22.1. The van der Waals surface area contributed by atoms with Crippen LogP contribution in [0.1, 0.15) is 55.5 Å². The van der Waals surface area contributed by atoms with Crippen molar-refractivity contribution in [1.29, 1.82) is 0 Å². The fourth-order valence-corrected chi connectivity index (χ4v) is 3.99. The van der Waals surface area contributed by atoms with Gasteiger partial charge >= 0.3 is 12.2 Å². The van der Waals surface area contributed by atoms with Crippen LogP contribution in [0.4, 0.5) is 18.0 Å². The van der Waals surface area contributed by atoms with Gasteiger partial charge in [-0.25, -0.2) is 4.79 Å². The Labute approximate surface area is 175 Å². The number of urea groups is 1. The zero-order valence-corrected chi connectivity index (χ0v) is 17.2.